The highest BCUT2D eigenvalue weighted by atomic mass is 19.3. The summed E-state index contributed by atoms with van der Waals surface area (Å²) in [6.45, 7) is -1.36. The molecule has 31 heavy (non-hydrogen) atoms. The van der Waals surface area contributed by atoms with Crippen LogP contribution >= 0.6 is 0 Å². The van der Waals surface area contributed by atoms with Gasteiger partial charge in [-0.25, -0.2) is 13.5 Å². The van der Waals surface area contributed by atoms with E-state index in [9.17, 15) is 22.4 Å². The van der Waals surface area contributed by atoms with Crippen molar-refractivity contribution in [2.75, 3.05) is 11.9 Å². The summed E-state index contributed by atoms with van der Waals surface area (Å²) >= 11 is 0. The first-order valence-electron chi connectivity index (χ1n) is 9.00. The lowest BCUT2D eigenvalue weighted by molar-refractivity contribution is -0.0514. The zero-order valence-corrected chi connectivity index (χ0v) is 16.1. The van der Waals surface area contributed by atoms with Gasteiger partial charge in [-0.3, -0.25) is 4.79 Å². The Bertz CT molecular complexity index is 1060. The topological polar surface area (TPSA) is 74.6 Å². The first kappa shape index (κ1) is 21.9. The van der Waals surface area contributed by atoms with Crippen molar-refractivity contribution in [3.05, 3.63) is 66.0 Å². The van der Waals surface area contributed by atoms with E-state index in [-0.39, 0.29) is 42.0 Å². The second-order valence-electron chi connectivity index (χ2n) is 6.02. The van der Waals surface area contributed by atoms with E-state index < -0.39 is 24.2 Å². The van der Waals surface area contributed by atoms with Crippen molar-refractivity contribution in [3.8, 4) is 17.2 Å². The Kier molecular flexibility index (Phi) is 6.96. The molecule has 3 rings (SSSR count). The number of nitrogens with zero attached hydrogens (tertiary/aromatic N) is 2. The van der Waals surface area contributed by atoms with E-state index in [0.717, 1.165) is 12.1 Å². The number of alkyl halides is 2. The molecule has 0 saturated heterocycles. The number of hydrogen-bond donors (Lipinski definition) is 1. The summed E-state index contributed by atoms with van der Waals surface area (Å²) < 4.78 is 67.6. The molecule has 0 fully saturated rings. The number of carbonyl (C=O) groups excluding carboxylic acids is 1. The summed E-state index contributed by atoms with van der Waals surface area (Å²) in [6.07, 6.45) is 1.43. The molecule has 1 aromatic heterocycles. The summed E-state index contributed by atoms with van der Waals surface area (Å²) in [7, 11) is 0. The van der Waals surface area contributed by atoms with Gasteiger partial charge >= 0.3 is 6.61 Å². The highest BCUT2D eigenvalue weighted by molar-refractivity contribution is 6.02. The van der Waals surface area contributed by atoms with Crippen LogP contribution in [0.5, 0.6) is 17.2 Å². The molecule has 7 nitrogen and oxygen atoms in total. The number of halogens is 4. The fourth-order valence-electron chi connectivity index (χ4n) is 2.53. The van der Waals surface area contributed by atoms with E-state index in [1.807, 2.05) is 0 Å². The molecule has 3 aromatic rings. The Morgan fingerprint density at radius 3 is 2.55 bits per heavy atom. The van der Waals surface area contributed by atoms with Crippen LogP contribution in [0.3, 0.4) is 0 Å². The number of rotatable bonds is 9. The fraction of sp³-hybridized carbons (Fsp3) is 0.200. The summed E-state index contributed by atoms with van der Waals surface area (Å²) in [6, 6.07) is 8.24. The van der Waals surface area contributed by atoms with Crippen LogP contribution in [0.1, 0.15) is 17.4 Å². The molecule has 1 amide bonds. The zero-order chi connectivity index (χ0) is 22.4. The molecule has 0 spiro atoms. The molecule has 0 aliphatic heterocycles. The molecule has 0 bridgehead atoms. The van der Waals surface area contributed by atoms with E-state index >= 15 is 0 Å². The molecule has 11 heteroatoms. The van der Waals surface area contributed by atoms with Crippen molar-refractivity contribution in [1.29, 1.82) is 0 Å². The van der Waals surface area contributed by atoms with Crippen molar-refractivity contribution in [2.45, 2.75) is 20.3 Å². The van der Waals surface area contributed by atoms with Crippen LogP contribution in [0.25, 0.3) is 0 Å². The maximum absolute atomic E-state index is 13.6. The van der Waals surface area contributed by atoms with Crippen molar-refractivity contribution < 1.29 is 36.6 Å². The number of aromatic nitrogens is 2. The van der Waals surface area contributed by atoms with E-state index in [1.165, 1.54) is 35.1 Å². The Labute approximate surface area is 174 Å². The first-order chi connectivity index (χ1) is 14.9. The lowest BCUT2D eigenvalue weighted by atomic mass is 10.2. The molecule has 0 unspecified atom stereocenters. The smallest absolute Gasteiger partial charge is 0.387 e. The minimum Gasteiger partial charge on any atom is -0.490 e. The third-order valence-corrected chi connectivity index (χ3v) is 3.84. The summed E-state index contributed by atoms with van der Waals surface area (Å²) in [5, 5.41) is 6.57. The number of amides is 1. The van der Waals surface area contributed by atoms with Crippen LogP contribution in [0.2, 0.25) is 0 Å². The lowest BCUT2D eigenvalue weighted by Crippen LogP contribution is -2.14. The average Bonchev–Trinajstić information content (AvgIpc) is 3.18. The highest BCUT2D eigenvalue weighted by Gasteiger charge is 2.15. The summed E-state index contributed by atoms with van der Waals surface area (Å²) in [5.74, 6) is -2.47. The van der Waals surface area contributed by atoms with E-state index in [4.69, 9.17) is 9.47 Å². The quantitative estimate of drug-likeness (QED) is 0.499. The van der Waals surface area contributed by atoms with E-state index in [1.54, 1.807) is 6.92 Å². The second-order valence-corrected chi connectivity index (χ2v) is 6.02. The van der Waals surface area contributed by atoms with Gasteiger partial charge in [-0.2, -0.15) is 13.9 Å². The number of carbonyl (C=O) groups is 1. The van der Waals surface area contributed by atoms with Crippen molar-refractivity contribution in [3.63, 3.8) is 0 Å². The SMILES string of the molecule is CCOc1cc(NC(=O)c2ccn(COc3ccc(F)cc3F)n2)ccc1OC(F)F. The first-order valence-corrected chi connectivity index (χ1v) is 9.00. The maximum Gasteiger partial charge on any atom is 0.387 e. The van der Waals surface area contributed by atoms with Crippen molar-refractivity contribution >= 4 is 11.6 Å². The van der Waals surface area contributed by atoms with Gasteiger partial charge in [0.2, 0.25) is 0 Å². The van der Waals surface area contributed by atoms with Crippen LogP contribution in [-0.2, 0) is 6.73 Å². The molecular formula is C20H17F4N3O4. The van der Waals surface area contributed by atoms with Crippen LogP contribution < -0.4 is 19.5 Å². The molecule has 2 aromatic carbocycles. The fourth-order valence-corrected chi connectivity index (χ4v) is 2.53. The minimum absolute atomic E-state index is 0.0223. The molecule has 0 aliphatic rings. The number of ether oxygens (including phenoxy) is 3. The predicted octanol–water partition coefficient (Wildman–Crippen LogP) is 4.45. The second kappa shape index (κ2) is 9.83. The molecule has 0 atom stereocenters. The average molecular weight is 439 g/mol. The number of nitrogens with one attached hydrogen (secondary N) is 1. The van der Waals surface area contributed by atoms with Gasteiger partial charge in [0, 0.05) is 24.0 Å². The largest absolute Gasteiger partial charge is 0.490 e. The van der Waals surface area contributed by atoms with Crippen LogP contribution in [0, 0.1) is 11.6 Å². The third-order valence-electron chi connectivity index (χ3n) is 3.84. The zero-order valence-electron chi connectivity index (χ0n) is 16.1. The molecule has 0 aliphatic carbocycles. The Balaban J connectivity index is 1.64. The van der Waals surface area contributed by atoms with Crippen molar-refractivity contribution in [1.82, 2.24) is 9.78 Å². The van der Waals surface area contributed by atoms with Gasteiger partial charge < -0.3 is 19.5 Å². The van der Waals surface area contributed by atoms with E-state index in [0.29, 0.717) is 6.07 Å². The molecule has 0 radical (unpaired) electrons. The van der Waals surface area contributed by atoms with Gasteiger partial charge in [0.1, 0.15) is 5.82 Å². The number of hydrogen-bond acceptors (Lipinski definition) is 5. The summed E-state index contributed by atoms with van der Waals surface area (Å²) in [5.41, 5.74) is 0.295. The Morgan fingerprint density at radius 1 is 1.06 bits per heavy atom. The van der Waals surface area contributed by atoms with Gasteiger partial charge in [-0.05, 0) is 37.3 Å². The molecule has 164 valence electrons. The maximum atomic E-state index is 13.6. The van der Waals surface area contributed by atoms with Gasteiger partial charge in [0.05, 0.1) is 6.61 Å². The predicted molar refractivity (Wildman–Crippen MR) is 101 cm³/mol. The van der Waals surface area contributed by atoms with E-state index in [2.05, 4.69) is 15.2 Å². The normalized spacial score (nSPS) is 10.8. The van der Waals surface area contributed by atoms with Gasteiger partial charge in [0.15, 0.2) is 35.5 Å². The van der Waals surface area contributed by atoms with Crippen LogP contribution in [0.4, 0.5) is 23.2 Å². The van der Waals surface area contributed by atoms with Gasteiger partial charge in [-0.1, -0.05) is 0 Å². The minimum atomic E-state index is -3.02. The van der Waals surface area contributed by atoms with Gasteiger partial charge in [-0.15, -0.1) is 0 Å². The summed E-state index contributed by atoms with van der Waals surface area (Å²) in [4.78, 5) is 12.4. The molecule has 0 saturated carbocycles. The number of benzene rings is 2. The Morgan fingerprint density at radius 2 is 1.84 bits per heavy atom. The standard InChI is InChI=1S/C20H17F4N3O4/c1-2-29-18-10-13(4-6-17(18)31-20(23)24)25-19(28)15-7-8-27(26-15)11-30-16-5-3-12(21)9-14(16)22/h3-10,20H,2,11H2,1H3,(H,25,28). The number of anilines is 1. The lowest BCUT2D eigenvalue weighted by Gasteiger charge is -2.13. The molecule has 1 N–H and O–H groups in total. The van der Waals surface area contributed by atoms with Crippen molar-refractivity contribution in [2.24, 2.45) is 0 Å². The molecule has 1 heterocycles. The van der Waals surface area contributed by atoms with Gasteiger partial charge in [0.25, 0.3) is 5.91 Å². The van der Waals surface area contributed by atoms with Crippen LogP contribution in [-0.4, -0.2) is 28.9 Å². The molecular weight excluding hydrogens is 422 g/mol. The third kappa shape index (κ3) is 5.87. The highest BCUT2D eigenvalue weighted by Crippen LogP contribution is 2.32. The van der Waals surface area contributed by atoms with Crippen LogP contribution in [0.15, 0.2) is 48.7 Å². The Hall–Kier alpha value is -3.76. The monoisotopic (exact) mass is 439 g/mol.